The zero-order valence-corrected chi connectivity index (χ0v) is 14.1. The van der Waals surface area contributed by atoms with Crippen LogP contribution in [0.2, 0.25) is 0 Å². The predicted molar refractivity (Wildman–Crippen MR) is 86.3 cm³/mol. The molecule has 5 rings (SSSR count). The van der Waals surface area contributed by atoms with Gasteiger partial charge < -0.3 is 9.84 Å². The van der Waals surface area contributed by atoms with Crippen LogP contribution in [0.3, 0.4) is 0 Å². The molecule has 0 amide bonds. The molecule has 4 aliphatic rings. The Kier molecular flexibility index (Phi) is 2.11. The third-order valence-corrected chi connectivity index (χ3v) is 8.06. The Morgan fingerprint density at radius 1 is 1.23 bits per heavy atom. The van der Waals surface area contributed by atoms with Gasteiger partial charge in [-0.3, -0.25) is 0 Å². The number of phenols is 1. The van der Waals surface area contributed by atoms with Crippen LogP contribution in [0.1, 0.15) is 64.0 Å². The number of hydrogen-bond donors (Lipinski definition) is 1. The summed E-state index contributed by atoms with van der Waals surface area (Å²) >= 11 is 0. The van der Waals surface area contributed by atoms with E-state index in [1.807, 2.05) is 6.07 Å². The number of hydrogen-bond acceptors (Lipinski definition) is 2. The quantitative estimate of drug-likeness (QED) is 0.861. The molecule has 1 N–H and O–H groups in total. The Bertz CT molecular complexity index is 695. The molecule has 1 aromatic carbocycles. The summed E-state index contributed by atoms with van der Waals surface area (Å²) in [6, 6.07) is 4.20. The lowest BCUT2D eigenvalue weighted by Crippen LogP contribution is -2.52. The van der Waals surface area contributed by atoms with Crippen molar-refractivity contribution in [2.75, 3.05) is 0 Å². The fourth-order valence-corrected chi connectivity index (χ4v) is 7.22. The first kappa shape index (κ1) is 13.3. The van der Waals surface area contributed by atoms with Gasteiger partial charge in [-0.2, -0.15) is 0 Å². The van der Waals surface area contributed by atoms with Crippen LogP contribution in [-0.4, -0.2) is 10.7 Å². The van der Waals surface area contributed by atoms with Crippen LogP contribution in [0.4, 0.5) is 0 Å². The molecule has 1 aromatic rings. The van der Waals surface area contributed by atoms with Crippen LogP contribution >= 0.6 is 0 Å². The van der Waals surface area contributed by atoms with E-state index in [-0.39, 0.29) is 5.60 Å². The molecular weight excluding hydrogens is 272 g/mol. The predicted octanol–water partition coefficient (Wildman–Crippen LogP) is 4.65. The number of fused-ring (bicyclic) bond motifs is 4. The van der Waals surface area contributed by atoms with Gasteiger partial charge in [0.15, 0.2) is 0 Å². The van der Waals surface area contributed by atoms with Crippen molar-refractivity contribution in [3.05, 3.63) is 23.3 Å². The SMILES string of the molecule is CCCc1cc(O)c2c(c1)O[C@]1(C)CCC3[C@@H]1C1(C)[C@@H]2C31C. The maximum atomic E-state index is 10.7. The average Bonchev–Trinajstić information content (AvgIpc) is 2.74. The summed E-state index contributed by atoms with van der Waals surface area (Å²) in [6.07, 6.45) is 4.56. The van der Waals surface area contributed by atoms with Gasteiger partial charge in [-0.05, 0) is 60.6 Å². The minimum atomic E-state index is -0.0315. The second-order valence-electron chi connectivity index (χ2n) is 8.81. The van der Waals surface area contributed by atoms with E-state index in [9.17, 15) is 5.11 Å². The van der Waals surface area contributed by atoms with Crippen molar-refractivity contribution in [2.45, 2.75) is 64.9 Å². The van der Waals surface area contributed by atoms with Gasteiger partial charge in [0, 0.05) is 17.4 Å². The van der Waals surface area contributed by atoms with E-state index >= 15 is 0 Å². The third-order valence-electron chi connectivity index (χ3n) is 8.06. The van der Waals surface area contributed by atoms with E-state index in [1.165, 1.54) is 18.4 Å². The summed E-state index contributed by atoms with van der Waals surface area (Å²) < 4.78 is 6.60. The molecule has 6 atom stereocenters. The highest BCUT2D eigenvalue weighted by Crippen LogP contribution is 2.95. The molecule has 3 fully saturated rings. The van der Waals surface area contributed by atoms with Crippen molar-refractivity contribution in [1.82, 2.24) is 0 Å². The summed E-state index contributed by atoms with van der Waals surface area (Å²) in [5.74, 6) is 3.40. The molecule has 0 radical (unpaired) electrons. The largest absolute Gasteiger partial charge is 0.508 e. The first-order valence-corrected chi connectivity index (χ1v) is 8.92. The lowest BCUT2D eigenvalue weighted by molar-refractivity contribution is -0.0778. The second-order valence-corrected chi connectivity index (χ2v) is 8.81. The van der Waals surface area contributed by atoms with Gasteiger partial charge in [-0.25, -0.2) is 0 Å². The van der Waals surface area contributed by atoms with Crippen molar-refractivity contribution < 1.29 is 9.84 Å². The molecule has 0 aromatic heterocycles. The molecule has 3 unspecified atom stereocenters. The fourth-order valence-electron chi connectivity index (χ4n) is 7.22. The summed E-state index contributed by atoms with van der Waals surface area (Å²) in [6.45, 7) is 9.40. The number of rotatable bonds is 2. The maximum absolute atomic E-state index is 10.7. The highest BCUT2D eigenvalue weighted by Gasteiger charge is 2.91. The minimum absolute atomic E-state index is 0.0315. The molecule has 0 spiro atoms. The second kappa shape index (κ2) is 3.49. The molecule has 3 saturated carbocycles. The van der Waals surface area contributed by atoms with Gasteiger partial charge in [0.25, 0.3) is 0 Å². The van der Waals surface area contributed by atoms with Gasteiger partial charge >= 0.3 is 0 Å². The first-order chi connectivity index (χ1) is 10.4. The molecule has 1 heterocycles. The van der Waals surface area contributed by atoms with Crippen LogP contribution in [0, 0.1) is 22.7 Å². The summed E-state index contributed by atoms with van der Waals surface area (Å²) in [5.41, 5.74) is 3.01. The van der Waals surface area contributed by atoms with Crippen molar-refractivity contribution in [1.29, 1.82) is 0 Å². The van der Waals surface area contributed by atoms with E-state index in [0.717, 1.165) is 30.1 Å². The van der Waals surface area contributed by atoms with Crippen molar-refractivity contribution >= 4 is 0 Å². The third kappa shape index (κ3) is 1.10. The lowest BCUT2D eigenvalue weighted by Gasteiger charge is -2.50. The Labute approximate surface area is 132 Å². The number of benzene rings is 1. The first-order valence-electron chi connectivity index (χ1n) is 8.92. The number of phenolic OH excluding ortho intramolecular Hbond substituents is 1. The molecule has 2 heteroatoms. The average molecular weight is 298 g/mol. The molecule has 0 saturated heterocycles. The van der Waals surface area contributed by atoms with E-state index < -0.39 is 0 Å². The van der Waals surface area contributed by atoms with E-state index in [2.05, 4.69) is 33.8 Å². The van der Waals surface area contributed by atoms with Gasteiger partial charge in [-0.15, -0.1) is 0 Å². The Balaban J connectivity index is 1.73. The number of ether oxygens (including phenoxy) is 1. The standard InChI is InChI=1S/C20H26O2/c1-5-6-11-9-13(21)15-14(10-11)22-18(2)8-7-12-16(18)20(4)17(15)19(12,20)3/h9-10,12,16-17,21H,5-8H2,1-4H3/t12?,16-,17-,18+,19?,20?/m0/s1. The van der Waals surface area contributed by atoms with Crippen molar-refractivity contribution in [3.63, 3.8) is 0 Å². The van der Waals surface area contributed by atoms with Gasteiger partial charge in [0.1, 0.15) is 17.1 Å². The van der Waals surface area contributed by atoms with Crippen molar-refractivity contribution in [2.24, 2.45) is 22.7 Å². The lowest BCUT2D eigenvalue weighted by atomic mass is 9.57. The summed E-state index contributed by atoms with van der Waals surface area (Å²) in [5, 5.41) is 10.7. The normalized spacial score (nSPS) is 49.5. The van der Waals surface area contributed by atoms with Crippen molar-refractivity contribution in [3.8, 4) is 11.5 Å². The van der Waals surface area contributed by atoms with E-state index in [1.54, 1.807) is 0 Å². The van der Waals surface area contributed by atoms with Crippen LogP contribution in [-0.2, 0) is 6.42 Å². The Hall–Kier alpha value is -1.18. The molecule has 3 aliphatic carbocycles. The highest BCUT2D eigenvalue weighted by atomic mass is 16.5. The van der Waals surface area contributed by atoms with Crippen LogP contribution in [0.25, 0.3) is 0 Å². The van der Waals surface area contributed by atoms with E-state index in [0.29, 0.717) is 28.4 Å². The molecule has 2 nitrogen and oxygen atoms in total. The zero-order valence-electron chi connectivity index (χ0n) is 14.1. The number of aryl methyl sites for hydroxylation is 1. The summed E-state index contributed by atoms with van der Waals surface area (Å²) in [7, 11) is 0. The maximum Gasteiger partial charge on any atom is 0.127 e. The monoisotopic (exact) mass is 298 g/mol. The number of aromatic hydroxyl groups is 1. The highest BCUT2D eigenvalue weighted by molar-refractivity contribution is 5.60. The van der Waals surface area contributed by atoms with Crippen LogP contribution in [0.5, 0.6) is 11.5 Å². The fraction of sp³-hybridized carbons (Fsp3) is 0.700. The molecule has 118 valence electrons. The van der Waals surface area contributed by atoms with Crippen LogP contribution < -0.4 is 4.74 Å². The molecule has 0 bridgehead atoms. The zero-order chi connectivity index (χ0) is 15.5. The summed E-state index contributed by atoms with van der Waals surface area (Å²) in [4.78, 5) is 0. The smallest absolute Gasteiger partial charge is 0.127 e. The van der Waals surface area contributed by atoms with Gasteiger partial charge in [-0.1, -0.05) is 27.2 Å². The van der Waals surface area contributed by atoms with Gasteiger partial charge in [0.05, 0.1) is 0 Å². The Morgan fingerprint density at radius 2 is 2.00 bits per heavy atom. The van der Waals surface area contributed by atoms with E-state index in [4.69, 9.17) is 4.74 Å². The Morgan fingerprint density at radius 3 is 2.73 bits per heavy atom. The minimum Gasteiger partial charge on any atom is -0.508 e. The molecular formula is C20H26O2. The topological polar surface area (TPSA) is 29.5 Å². The van der Waals surface area contributed by atoms with Crippen LogP contribution in [0.15, 0.2) is 12.1 Å². The molecule has 1 aliphatic heterocycles. The molecule has 22 heavy (non-hydrogen) atoms. The van der Waals surface area contributed by atoms with Gasteiger partial charge in [0.2, 0.25) is 0 Å².